The van der Waals surface area contributed by atoms with E-state index in [9.17, 15) is 8.42 Å². The summed E-state index contributed by atoms with van der Waals surface area (Å²) in [6.07, 6.45) is 7.82. The highest BCUT2D eigenvalue weighted by atomic mass is 32.2. The molecule has 1 heterocycles. The molecule has 0 aromatic heterocycles. The fourth-order valence-electron chi connectivity index (χ4n) is 2.60. The van der Waals surface area contributed by atoms with Crippen LogP contribution in [0.3, 0.4) is 0 Å². The zero-order chi connectivity index (χ0) is 12.6. The van der Waals surface area contributed by atoms with Crippen LogP contribution in [0.15, 0.2) is 59.0 Å². The first kappa shape index (κ1) is 11.7. The second-order valence-corrected chi connectivity index (χ2v) is 6.47. The molecule has 0 spiro atoms. The fourth-order valence-corrected chi connectivity index (χ4v) is 4.26. The van der Waals surface area contributed by atoms with Gasteiger partial charge < -0.3 is 0 Å². The van der Waals surface area contributed by atoms with E-state index in [-0.39, 0.29) is 6.04 Å². The minimum Gasteiger partial charge on any atom is -0.207 e. The number of rotatable bonds is 2. The average Bonchev–Trinajstić information content (AvgIpc) is 2.87. The molecular formula is C14H15NO2S. The van der Waals surface area contributed by atoms with Crippen molar-refractivity contribution in [1.82, 2.24) is 4.31 Å². The molecule has 1 atom stereocenters. The Kier molecular flexibility index (Phi) is 2.84. The standard InChI is InChI=1S/C14H15NO2S/c16-18(17,13-8-2-1-3-9-13)15-11-5-7-12-6-4-10-14(12)15/h1-4,6-9,14H,5,10-11H2. The van der Waals surface area contributed by atoms with Crippen LogP contribution in [0.1, 0.15) is 12.8 Å². The van der Waals surface area contributed by atoms with Crippen LogP contribution in [-0.2, 0) is 10.0 Å². The molecule has 0 radical (unpaired) electrons. The van der Waals surface area contributed by atoms with Crippen molar-refractivity contribution in [3.63, 3.8) is 0 Å². The van der Waals surface area contributed by atoms with E-state index >= 15 is 0 Å². The van der Waals surface area contributed by atoms with E-state index in [1.807, 2.05) is 12.1 Å². The van der Waals surface area contributed by atoms with Crippen molar-refractivity contribution in [2.45, 2.75) is 23.8 Å². The Balaban J connectivity index is 1.98. The summed E-state index contributed by atoms with van der Waals surface area (Å²) in [7, 11) is -3.36. The van der Waals surface area contributed by atoms with E-state index in [4.69, 9.17) is 0 Å². The van der Waals surface area contributed by atoms with Gasteiger partial charge in [0.05, 0.1) is 10.9 Å². The fraction of sp³-hybridized carbons (Fsp3) is 0.286. The molecule has 3 rings (SSSR count). The maximum absolute atomic E-state index is 12.6. The summed E-state index contributed by atoms with van der Waals surface area (Å²) >= 11 is 0. The largest absolute Gasteiger partial charge is 0.243 e. The summed E-state index contributed by atoms with van der Waals surface area (Å²) in [5.41, 5.74) is 1.14. The highest BCUT2D eigenvalue weighted by Gasteiger charge is 2.35. The Hall–Kier alpha value is -1.39. The zero-order valence-electron chi connectivity index (χ0n) is 9.99. The normalized spacial score (nSPS) is 23.8. The molecule has 0 N–H and O–H groups in total. The van der Waals surface area contributed by atoms with Gasteiger partial charge in [-0.3, -0.25) is 0 Å². The molecule has 1 aliphatic heterocycles. The smallest absolute Gasteiger partial charge is 0.207 e. The van der Waals surface area contributed by atoms with E-state index in [1.54, 1.807) is 28.6 Å². The van der Waals surface area contributed by atoms with Crippen LogP contribution in [0.4, 0.5) is 0 Å². The molecule has 0 fully saturated rings. The molecule has 18 heavy (non-hydrogen) atoms. The molecule has 0 amide bonds. The molecule has 1 aromatic rings. The van der Waals surface area contributed by atoms with Crippen LogP contribution >= 0.6 is 0 Å². The lowest BCUT2D eigenvalue weighted by atomic mass is 10.1. The third kappa shape index (κ3) is 1.82. The summed E-state index contributed by atoms with van der Waals surface area (Å²) in [6.45, 7) is 0.576. The van der Waals surface area contributed by atoms with Crippen LogP contribution < -0.4 is 0 Å². The van der Waals surface area contributed by atoms with Gasteiger partial charge in [0.1, 0.15) is 0 Å². The predicted octanol–water partition coefficient (Wildman–Crippen LogP) is 2.34. The van der Waals surface area contributed by atoms with Crippen LogP contribution in [0.25, 0.3) is 0 Å². The third-order valence-corrected chi connectivity index (χ3v) is 5.40. The van der Waals surface area contributed by atoms with Crippen molar-refractivity contribution < 1.29 is 8.42 Å². The molecule has 0 saturated carbocycles. The topological polar surface area (TPSA) is 37.4 Å². The Morgan fingerprint density at radius 2 is 1.94 bits per heavy atom. The minimum absolute atomic E-state index is 0.00366. The summed E-state index contributed by atoms with van der Waals surface area (Å²) < 4.78 is 26.8. The summed E-state index contributed by atoms with van der Waals surface area (Å²) in [5.74, 6) is 0. The lowest BCUT2D eigenvalue weighted by molar-refractivity contribution is 0.351. The SMILES string of the molecule is O=S(=O)(c1ccccc1)N1CCC=C2C=CCC21. The molecule has 4 heteroatoms. The minimum atomic E-state index is -3.36. The van der Waals surface area contributed by atoms with Crippen molar-refractivity contribution >= 4 is 10.0 Å². The van der Waals surface area contributed by atoms with E-state index in [2.05, 4.69) is 12.2 Å². The first-order chi connectivity index (χ1) is 8.69. The monoisotopic (exact) mass is 261 g/mol. The van der Waals surface area contributed by atoms with Crippen molar-refractivity contribution in [2.75, 3.05) is 6.54 Å². The average molecular weight is 261 g/mol. The van der Waals surface area contributed by atoms with Crippen LogP contribution in [-0.4, -0.2) is 25.3 Å². The Morgan fingerprint density at radius 3 is 2.72 bits per heavy atom. The van der Waals surface area contributed by atoms with Gasteiger partial charge in [0.2, 0.25) is 10.0 Å². The Bertz CT molecular complexity index is 602. The van der Waals surface area contributed by atoms with Gasteiger partial charge in [-0.2, -0.15) is 4.31 Å². The second kappa shape index (κ2) is 4.37. The van der Waals surface area contributed by atoms with Gasteiger partial charge in [0.15, 0.2) is 0 Å². The Labute approximate surface area is 107 Å². The summed E-state index contributed by atoms with van der Waals surface area (Å²) in [5, 5.41) is 0. The van der Waals surface area contributed by atoms with Gasteiger partial charge in [0.25, 0.3) is 0 Å². The van der Waals surface area contributed by atoms with E-state index in [0.29, 0.717) is 11.4 Å². The van der Waals surface area contributed by atoms with E-state index in [0.717, 1.165) is 18.4 Å². The highest BCUT2D eigenvalue weighted by molar-refractivity contribution is 7.89. The lowest BCUT2D eigenvalue weighted by Crippen LogP contribution is -2.42. The van der Waals surface area contributed by atoms with Gasteiger partial charge >= 0.3 is 0 Å². The number of sulfonamides is 1. The van der Waals surface area contributed by atoms with Crippen LogP contribution in [0.5, 0.6) is 0 Å². The van der Waals surface area contributed by atoms with Crippen molar-refractivity contribution in [2.24, 2.45) is 0 Å². The lowest BCUT2D eigenvalue weighted by Gasteiger charge is -2.32. The predicted molar refractivity (Wildman–Crippen MR) is 70.6 cm³/mol. The van der Waals surface area contributed by atoms with E-state index < -0.39 is 10.0 Å². The molecule has 94 valence electrons. The van der Waals surface area contributed by atoms with Gasteiger partial charge in [-0.05, 0) is 30.5 Å². The molecular weight excluding hydrogens is 246 g/mol. The molecule has 0 saturated heterocycles. The van der Waals surface area contributed by atoms with Gasteiger partial charge in [0, 0.05) is 6.54 Å². The van der Waals surface area contributed by atoms with Crippen molar-refractivity contribution in [1.29, 1.82) is 0 Å². The maximum atomic E-state index is 12.6. The van der Waals surface area contributed by atoms with Gasteiger partial charge in [-0.15, -0.1) is 0 Å². The molecule has 2 aliphatic rings. The number of hydrogen-bond acceptors (Lipinski definition) is 2. The first-order valence-corrected chi connectivity index (χ1v) is 7.57. The number of fused-ring (bicyclic) bond motifs is 1. The Morgan fingerprint density at radius 1 is 1.17 bits per heavy atom. The maximum Gasteiger partial charge on any atom is 0.243 e. The van der Waals surface area contributed by atoms with Crippen LogP contribution in [0.2, 0.25) is 0 Å². The third-order valence-electron chi connectivity index (χ3n) is 3.48. The second-order valence-electron chi connectivity index (χ2n) is 4.58. The highest BCUT2D eigenvalue weighted by Crippen LogP contribution is 2.31. The number of nitrogens with zero attached hydrogens (tertiary/aromatic N) is 1. The molecule has 1 aliphatic carbocycles. The first-order valence-electron chi connectivity index (χ1n) is 6.13. The molecule has 3 nitrogen and oxygen atoms in total. The molecule has 0 bridgehead atoms. The van der Waals surface area contributed by atoms with Gasteiger partial charge in [-0.25, -0.2) is 8.42 Å². The number of benzene rings is 1. The van der Waals surface area contributed by atoms with E-state index in [1.165, 1.54) is 0 Å². The summed E-state index contributed by atoms with van der Waals surface area (Å²) in [6, 6.07) is 8.69. The zero-order valence-corrected chi connectivity index (χ0v) is 10.8. The number of hydrogen-bond donors (Lipinski definition) is 0. The van der Waals surface area contributed by atoms with Gasteiger partial charge in [-0.1, -0.05) is 36.4 Å². The molecule has 1 unspecified atom stereocenters. The summed E-state index contributed by atoms with van der Waals surface area (Å²) in [4.78, 5) is 0.387. The van der Waals surface area contributed by atoms with Crippen LogP contribution in [0, 0.1) is 0 Å². The van der Waals surface area contributed by atoms with Crippen molar-refractivity contribution in [3.05, 3.63) is 54.1 Å². The quantitative estimate of drug-likeness (QED) is 0.819. The van der Waals surface area contributed by atoms with Crippen molar-refractivity contribution in [3.8, 4) is 0 Å². The molecule has 1 aromatic carbocycles.